The Labute approximate surface area is 133 Å². The van der Waals surface area contributed by atoms with Crippen LogP contribution in [-0.4, -0.2) is 20.0 Å². The van der Waals surface area contributed by atoms with Crippen molar-refractivity contribution in [3.05, 3.63) is 64.5 Å². The van der Waals surface area contributed by atoms with Gasteiger partial charge in [-0.25, -0.2) is 0 Å². The van der Waals surface area contributed by atoms with Crippen LogP contribution >= 0.6 is 0 Å². The maximum atomic E-state index is 12.4. The fraction of sp³-hybridized carbons (Fsp3) is 0.235. The quantitative estimate of drug-likeness (QED) is 0.797. The van der Waals surface area contributed by atoms with Gasteiger partial charge in [-0.15, -0.1) is 0 Å². The molecule has 0 saturated heterocycles. The molecule has 1 N–H and O–H groups in total. The minimum absolute atomic E-state index is 0.0769. The summed E-state index contributed by atoms with van der Waals surface area (Å²) in [4.78, 5) is 28.8. The van der Waals surface area contributed by atoms with Crippen LogP contribution in [-0.2, 0) is 20.1 Å². The Kier molecular flexibility index (Phi) is 3.97. The molecule has 3 rings (SSSR count). The van der Waals surface area contributed by atoms with Gasteiger partial charge < -0.3 is 14.5 Å². The smallest absolute Gasteiger partial charge is 0.268 e. The Morgan fingerprint density at radius 1 is 1.35 bits per heavy atom. The SMILES string of the molecule is CCn1ccc2c(cc(C(=O)NCc3cccnc3)n2C)c1=O. The number of nitrogens with one attached hydrogen (secondary N) is 1. The van der Waals surface area contributed by atoms with Gasteiger partial charge in [-0.1, -0.05) is 6.07 Å². The predicted molar refractivity (Wildman–Crippen MR) is 88.3 cm³/mol. The molecule has 0 aliphatic carbocycles. The zero-order chi connectivity index (χ0) is 16.4. The number of aryl methyl sites for hydroxylation is 2. The summed E-state index contributed by atoms with van der Waals surface area (Å²) in [5.41, 5.74) is 2.07. The summed E-state index contributed by atoms with van der Waals surface area (Å²) in [6.45, 7) is 2.91. The summed E-state index contributed by atoms with van der Waals surface area (Å²) in [5.74, 6) is -0.213. The van der Waals surface area contributed by atoms with Crippen LogP contribution in [0.25, 0.3) is 10.9 Å². The normalized spacial score (nSPS) is 10.9. The van der Waals surface area contributed by atoms with Crippen LogP contribution in [0.5, 0.6) is 0 Å². The number of hydrogen-bond donors (Lipinski definition) is 1. The molecule has 0 radical (unpaired) electrons. The first-order chi connectivity index (χ1) is 11.1. The summed E-state index contributed by atoms with van der Waals surface area (Å²) in [7, 11) is 1.79. The topological polar surface area (TPSA) is 68.9 Å². The molecule has 0 aromatic carbocycles. The Bertz CT molecular complexity index is 909. The lowest BCUT2D eigenvalue weighted by atomic mass is 10.2. The predicted octanol–water partition coefficient (Wildman–Crippen LogP) is 1.68. The first-order valence-corrected chi connectivity index (χ1v) is 7.47. The van der Waals surface area contributed by atoms with Crippen LogP contribution in [0.3, 0.4) is 0 Å². The second kappa shape index (κ2) is 6.08. The van der Waals surface area contributed by atoms with Gasteiger partial charge in [-0.2, -0.15) is 0 Å². The van der Waals surface area contributed by atoms with Crippen molar-refractivity contribution in [3.63, 3.8) is 0 Å². The maximum absolute atomic E-state index is 12.4. The van der Waals surface area contributed by atoms with E-state index in [9.17, 15) is 9.59 Å². The molecule has 6 nitrogen and oxygen atoms in total. The molecule has 0 aliphatic rings. The zero-order valence-corrected chi connectivity index (χ0v) is 13.1. The molecule has 0 atom stereocenters. The molecule has 0 bridgehead atoms. The van der Waals surface area contributed by atoms with Crippen LogP contribution in [0, 0.1) is 0 Å². The molecule has 3 aromatic rings. The number of rotatable bonds is 4. The molecule has 0 unspecified atom stereocenters. The molecule has 0 saturated carbocycles. The van der Waals surface area contributed by atoms with Crippen molar-refractivity contribution in [1.82, 2.24) is 19.4 Å². The average Bonchev–Trinajstić information content (AvgIpc) is 2.92. The zero-order valence-electron chi connectivity index (χ0n) is 13.1. The standard InChI is InChI=1S/C17H18N4O2/c1-3-21-8-6-14-13(17(21)23)9-15(20(14)2)16(22)19-11-12-5-4-7-18-10-12/h4-10H,3,11H2,1-2H3,(H,19,22). The highest BCUT2D eigenvalue weighted by molar-refractivity contribution is 5.98. The molecule has 3 aromatic heterocycles. The van der Waals surface area contributed by atoms with E-state index in [2.05, 4.69) is 10.3 Å². The molecule has 0 fully saturated rings. The molecular formula is C17H18N4O2. The minimum Gasteiger partial charge on any atom is -0.347 e. The molecule has 6 heteroatoms. The third-order valence-corrected chi connectivity index (χ3v) is 3.93. The van der Waals surface area contributed by atoms with E-state index in [0.29, 0.717) is 24.2 Å². The number of carbonyl (C=O) groups is 1. The van der Waals surface area contributed by atoms with E-state index in [-0.39, 0.29) is 11.5 Å². The molecule has 0 aliphatic heterocycles. The van der Waals surface area contributed by atoms with E-state index < -0.39 is 0 Å². The fourth-order valence-corrected chi connectivity index (χ4v) is 2.62. The summed E-state index contributed by atoms with van der Waals surface area (Å²) < 4.78 is 3.37. The van der Waals surface area contributed by atoms with Crippen LogP contribution in [0.1, 0.15) is 23.0 Å². The van der Waals surface area contributed by atoms with Crippen LogP contribution in [0.2, 0.25) is 0 Å². The van der Waals surface area contributed by atoms with Crippen LogP contribution < -0.4 is 10.9 Å². The lowest BCUT2D eigenvalue weighted by molar-refractivity contribution is 0.0943. The van der Waals surface area contributed by atoms with Gasteiger partial charge in [0.05, 0.1) is 10.9 Å². The maximum Gasteiger partial charge on any atom is 0.268 e. The molecular weight excluding hydrogens is 292 g/mol. The van der Waals surface area contributed by atoms with Gasteiger partial charge in [0.25, 0.3) is 11.5 Å². The number of nitrogens with zero attached hydrogens (tertiary/aromatic N) is 3. The minimum atomic E-state index is -0.213. The largest absolute Gasteiger partial charge is 0.347 e. The summed E-state index contributed by atoms with van der Waals surface area (Å²) >= 11 is 0. The van der Waals surface area contributed by atoms with E-state index >= 15 is 0 Å². The highest BCUT2D eigenvalue weighted by Gasteiger charge is 2.15. The van der Waals surface area contributed by atoms with Crippen molar-refractivity contribution in [3.8, 4) is 0 Å². The fourth-order valence-electron chi connectivity index (χ4n) is 2.62. The van der Waals surface area contributed by atoms with Crippen molar-refractivity contribution in [2.24, 2.45) is 7.05 Å². The molecule has 0 spiro atoms. The molecule has 1 amide bonds. The van der Waals surface area contributed by atoms with Gasteiger partial charge >= 0.3 is 0 Å². The summed E-state index contributed by atoms with van der Waals surface area (Å²) in [5, 5.41) is 3.42. The Balaban J connectivity index is 1.90. The van der Waals surface area contributed by atoms with E-state index in [4.69, 9.17) is 0 Å². The Hall–Kier alpha value is -2.89. The summed E-state index contributed by atoms with van der Waals surface area (Å²) in [6.07, 6.45) is 5.15. The second-order valence-corrected chi connectivity index (χ2v) is 5.34. The van der Waals surface area contributed by atoms with Gasteiger partial charge in [0.2, 0.25) is 0 Å². The third-order valence-electron chi connectivity index (χ3n) is 3.93. The van der Waals surface area contributed by atoms with Crippen molar-refractivity contribution in [2.75, 3.05) is 0 Å². The van der Waals surface area contributed by atoms with Crippen LogP contribution in [0.15, 0.2) is 47.7 Å². The lowest BCUT2D eigenvalue weighted by Crippen LogP contribution is -2.24. The molecule has 3 heterocycles. The van der Waals surface area contributed by atoms with Crippen molar-refractivity contribution in [1.29, 1.82) is 0 Å². The number of amides is 1. The number of carbonyl (C=O) groups excluding carboxylic acids is 1. The van der Waals surface area contributed by atoms with Crippen molar-refractivity contribution in [2.45, 2.75) is 20.0 Å². The Morgan fingerprint density at radius 3 is 2.87 bits per heavy atom. The number of fused-ring (bicyclic) bond motifs is 1. The molecule has 118 valence electrons. The van der Waals surface area contributed by atoms with E-state index in [1.54, 1.807) is 40.8 Å². The van der Waals surface area contributed by atoms with E-state index in [0.717, 1.165) is 11.1 Å². The third kappa shape index (κ3) is 2.75. The van der Waals surface area contributed by atoms with E-state index in [1.807, 2.05) is 25.1 Å². The first kappa shape index (κ1) is 15.0. The molecule has 23 heavy (non-hydrogen) atoms. The number of pyridine rings is 2. The van der Waals surface area contributed by atoms with Gasteiger partial charge in [0.15, 0.2) is 0 Å². The number of aromatic nitrogens is 3. The lowest BCUT2D eigenvalue weighted by Gasteiger charge is -2.06. The summed E-state index contributed by atoms with van der Waals surface area (Å²) in [6, 6.07) is 7.24. The van der Waals surface area contributed by atoms with Crippen molar-refractivity contribution < 1.29 is 4.79 Å². The number of hydrogen-bond acceptors (Lipinski definition) is 3. The van der Waals surface area contributed by atoms with Gasteiger partial charge in [0.1, 0.15) is 5.69 Å². The van der Waals surface area contributed by atoms with E-state index in [1.165, 1.54) is 0 Å². The average molecular weight is 310 g/mol. The first-order valence-electron chi connectivity index (χ1n) is 7.47. The second-order valence-electron chi connectivity index (χ2n) is 5.34. The van der Waals surface area contributed by atoms with Crippen molar-refractivity contribution >= 4 is 16.8 Å². The van der Waals surface area contributed by atoms with Gasteiger partial charge in [-0.05, 0) is 30.7 Å². The highest BCUT2D eigenvalue weighted by atomic mass is 16.2. The van der Waals surface area contributed by atoms with Gasteiger partial charge in [-0.3, -0.25) is 14.6 Å². The van der Waals surface area contributed by atoms with Gasteiger partial charge in [0, 0.05) is 38.7 Å². The Morgan fingerprint density at radius 2 is 2.17 bits per heavy atom. The van der Waals surface area contributed by atoms with Crippen LogP contribution in [0.4, 0.5) is 0 Å². The monoisotopic (exact) mass is 310 g/mol. The highest BCUT2D eigenvalue weighted by Crippen LogP contribution is 2.15.